The Morgan fingerprint density at radius 1 is 1.40 bits per heavy atom. The monoisotopic (exact) mass is 274 g/mol. The Labute approximate surface area is 114 Å². The van der Waals surface area contributed by atoms with Gasteiger partial charge in [-0.3, -0.25) is 15.5 Å². The summed E-state index contributed by atoms with van der Waals surface area (Å²) in [6.07, 6.45) is 1.36. The van der Waals surface area contributed by atoms with Crippen LogP contribution in [0, 0.1) is 22.9 Å². The SMILES string of the molecule is Cc1ccc([N+](=O)[O-])c(N/N=C\c2cccc(F)c2)n1. The molecular weight excluding hydrogens is 263 g/mol. The number of hydrogen-bond acceptors (Lipinski definition) is 5. The van der Waals surface area contributed by atoms with E-state index in [0.29, 0.717) is 11.3 Å². The van der Waals surface area contributed by atoms with Crippen molar-refractivity contribution in [2.24, 2.45) is 5.10 Å². The molecule has 1 N–H and O–H groups in total. The quantitative estimate of drug-likeness (QED) is 0.528. The summed E-state index contributed by atoms with van der Waals surface area (Å²) in [5.74, 6) is -0.337. The summed E-state index contributed by atoms with van der Waals surface area (Å²) in [6.45, 7) is 1.71. The number of hydrogen-bond donors (Lipinski definition) is 1. The molecule has 6 nitrogen and oxygen atoms in total. The van der Waals surface area contributed by atoms with E-state index >= 15 is 0 Å². The maximum absolute atomic E-state index is 13.0. The lowest BCUT2D eigenvalue weighted by molar-refractivity contribution is -0.384. The van der Waals surface area contributed by atoms with Crippen molar-refractivity contribution in [3.63, 3.8) is 0 Å². The molecule has 0 fully saturated rings. The zero-order valence-corrected chi connectivity index (χ0v) is 10.6. The largest absolute Gasteiger partial charge is 0.313 e. The van der Waals surface area contributed by atoms with Crippen LogP contribution in [0.3, 0.4) is 0 Å². The van der Waals surface area contributed by atoms with Crippen LogP contribution in [0.4, 0.5) is 15.9 Å². The molecule has 1 aromatic carbocycles. The number of nitro groups is 1. The van der Waals surface area contributed by atoms with Gasteiger partial charge in [-0.1, -0.05) is 12.1 Å². The summed E-state index contributed by atoms with van der Waals surface area (Å²) in [4.78, 5) is 14.3. The number of hydrazone groups is 1. The number of nitrogens with one attached hydrogen (secondary N) is 1. The fourth-order valence-electron chi connectivity index (χ4n) is 1.53. The minimum atomic E-state index is -0.549. The van der Waals surface area contributed by atoms with Crippen LogP contribution in [-0.4, -0.2) is 16.1 Å². The predicted octanol–water partition coefficient (Wildman–Crippen LogP) is 2.88. The fourth-order valence-corrected chi connectivity index (χ4v) is 1.53. The van der Waals surface area contributed by atoms with E-state index in [1.165, 1.54) is 24.4 Å². The van der Waals surface area contributed by atoms with Crippen LogP contribution >= 0.6 is 0 Å². The van der Waals surface area contributed by atoms with E-state index in [2.05, 4.69) is 15.5 Å². The van der Waals surface area contributed by atoms with Gasteiger partial charge in [0.05, 0.1) is 11.1 Å². The second-order valence-electron chi connectivity index (χ2n) is 4.00. The Hall–Kier alpha value is -2.83. The molecule has 0 amide bonds. The third kappa shape index (κ3) is 3.35. The third-order valence-electron chi connectivity index (χ3n) is 2.44. The van der Waals surface area contributed by atoms with Crippen LogP contribution in [-0.2, 0) is 0 Å². The van der Waals surface area contributed by atoms with Gasteiger partial charge in [-0.2, -0.15) is 5.10 Å². The highest BCUT2D eigenvalue weighted by atomic mass is 19.1. The van der Waals surface area contributed by atoms with Gasteiger partial charge in [-0.15, -0.1) is 0 Å². The lowest BCUT2D eigenvalue weighted by atomic mass is 10.2. The molecular formula is C13H11FN4O2. The second-order valence-corrected chi connectivity index (χ2v) is 4.00. The lowest BCUT2D eigenvalue weighted by Gasteiger charge is -2.02. The molecule has 0 aliphatic heterocycles. The Morgan fingerprint density at radius 2 is 2.20 bits per heavy atom. The van der Waals surface area contributed by atoms with Crippen molar-refractivity contribution < 1.29 is 9.31 Å². The molecule has 0 spiro atoms. The summed E-state index contributed by atoms with van der Waals surface area (Å²) in [5.41, 5.74) is 3.48. The summed E-state index contributed by atoms with van der Waals surface area (Å²) in [6, 6.07) is 8.71. The van der Waals surface area contributed by atoms with Gasteiger partial charge in [0.25, 0.3) is 0 Å². The number of aryl methyl sites for hydroxylation is 1. The second kappa shape index (κ2) is 5.87. The average molecular weight is 274 g/mol. The van der Waals surface area contributed by atoms with Gasteiger partial charge in [0, 0.05) is 11.8 Å². The first-order valence-corrected chi connectivity index (χ1v) is 5.73. The summed E-state index contributed by atoms with van der Waals surface area (Å²) in [7, 11) is 0. The van der Waals surface area contributed by atoms with E-state index in [0.717, 1.165) is 0 Å². The molecule has 102 valence electrons. The standard InChI is InChI=1S/C13H11FN4O2/c1-9-5-6-12(18(19)20)13(16-9)17-15-8-10-3-2-4-11(14)7-10/h2-8H,1H3,(H,16,17)/b15-8-. The lowest BCUT2D eigenvalue weighted by Crippen LogP contribution is -2.00. The maximum atomic E-state index is 13.0. The van der Waals surface area contributed by atoms with Gasteiger partial charge in [0.1, 0.15) is 5.82 Å². The molecule has 20 heavy (non-hydrogen) atoms. The van der Waals surface area contributed by atoms with Crippen molar-refractivity contribution in [2.75, 3.05) is 5.43 Å². The smallest absolute Gasteiger partial charge is 0.258 e. The zero-order chi connectivity index (χ0) is 14.5. The van der Waals surface area contributed by atoms with Crippen molar-refractivity contribution in [1.29, 1.82) is 0 Å². The Morgan fingerprint density at radius 3 is 2.90 bits per heavy atom. The van der Waals surface area contributed by atoms with Crippen LogP contribution in [0.5, 0.6) is 0 Å². The van der Waals surface area contributed by atoms with Crippen LogP contribution in [0.1, 0.15) is 11.3 Å². The zero-order valence-electron chi connectivity index (χ0n) is 10.6. The maximum Gasteiger partial charge on any atom is 0.313 e. The third-order valence-corrected chi connectivity index (χ3v) is 2.44. The molecule has 0 radical (unpaired) electrons. The fraction of sp³-hybridized carbons (Fsp3) is 0.0769. The molecule has 0 atom stereocenters. The van der Waals surface area contributed by atoms with Crippen LogP contribution in [0.25, 0.3) is 0 Å². The minimum Gasteiger partial charge on any atom is -0.258 e. The number of benzene rings is 1. The molecule has 2 aromatic rings. The molecule has 0 aliphatic carbocycles. The number of nitrogens with zero attached hydrogens (tertiary/aromatic N) is 3. The summed E-state index contributed by atoms with van der Waals surface area (Å²) in [5, 5.41) is 14.7. The summed E-state index contributed by atoms with van der Waals surface area (Å²) < 4.78 is 13.0. The van der Waals surface area contributed by atoms with Gasteiger partial charge in [0.2, 0.25) is 5.82 Å². The van der Waals surface area contributed by atoms with Gasteiger partial charge in [-0.25, -0.2) is 9.37 Å². The van der Waals surface area contributed by atoms with Gasteiger partial charge >= 0.3 is 5.69 Å². The van der Waals surface area contributed by atoms with Gasteiger partial charge in [0.15, 0.2) is 0 Å². The topological polar surface area (TPSA) is 80.4 Å². The Bertz CT molecular complexity index is 673. The number of rotatable bonds is 4. The van der Waals surface area contributed by atoms with Gasteiger partial charge in [-0.05, 0) is 30.7 Å². The van der Waals surface area contributed by atoms with E-state index in [1.807, 2.05) is 0 Å². The average Bonchev–Trinajstić information content (AvgIpc) is 2.38. The van der Waals surface area contributed by atoms with Crippen molar-refractivity contribution >= 4 is 17.7 Å². The number of pyridine rings is 1. The highest BCUT2D eigenvalue weighted by Gasteiger charge is 2.14. The molecule has 0 saturated heterocycles. The number of anilines is 1. The number of halogens is 1. The first-order valence-electron chi connectivity index (χ1n) is 5.73. The molecule has 1 aromatic heterocycles. The molecule has 0 aliphatic rings. The van der Waals surface area contributed by atoms with E-state index in [1.54, 1.807) is 25.1 Å². The van der Waals surface area contributed by atoms with E-state index < -0.39 is 4.92 Å². The molecule has 0 bridgehead atoms. The highest BCUT2D eigenvalue weighted by Crippen LogP contribution is 2.21. The first-order chi connectivity index (χ1) is 9.56. The minimum absolute atomic E-state index is 0.0441. The molecule has 2 rings (SSSR count). The van der Waals surface area contributed by atoms with Crippen LogP contribution in [0.2, 0.25) is 0 Å². The van der Waals surface area contributed by atoms with Crippen molar-refractivity contribution in [1.82, 2.24) is 4.98 Å². The molecule has 0 saturated carbocycles. The summed E-state index contributed by atoms with van der Waals surface area (Å²) >= 11 is 0. The number of aromatic nitrogens is 1. The van der Waals surface area contributed by atoms with Crippen LogP contribution in [0.15, 0.2) is 41.5 Å². The first kappa shape index (κ1) is 13.6. The van der Waals surface area contributed by atoms with Crippen LogP contribution < -0.4 is 5.43 Å². The highest BCUT2D eigenvalue weighted by molar-refractivity contribution is 5.80. The van der Waals surface area contributed by atoms with Gasteiger partial charge < -0.3 is 0 Å². The van der Waals surface area contributed by atoms with Crippen molar-refractivity contribution in [3.8, 4) is 0 Å². The van der Waals surface area contributed by atoms with E-state index in [4.69, 9.17) is 0 Å². The van der Waals surface area contributed by atoms with Crippen molar-refractivity contribution in [2.45, 2.75) is 6.92 Å². The molecule has 1 heterocycles. The van der Waals surface area contributed by atoms with Crippen molar-refractivity contribution in [3.05, 3.63) is 63.6 Å². The Balaban J connectivity index is 2.18. The molecule has 7 heteroatoms. The van der Waals surface area contributed by atoms with E-state index in [-0.39, 0.29) is 17.3 Å². The van der Waals surface area contributed by atoms with E-state index in [9.17, 15) is 14.5 Å². The predicted molar refractivity (Wildman–Crippen MR) is 73.2 cm³/mol. The Kier molecular flexibility index (Phi) is 3.99. The molecule has 0 unspecified atom stereocenters. The normalized spacial score (nSPS) is 10.7.